The first-order valence-corrected chi connectivity index (χ1v) is 11.7. The number of thioether (sulfide) groups is 1. The number of amides is 1. The molecule has 0 atom stereocenters. The Kier molecular flexibility index (Phi) is 7.18. The maximum Gasteiger partial charge on any atom is 0.236 e. The number of carbonyl (C=O) groups excluding carboxylic acids is 1. The molecule has 1 heterocycles. The normalized spacial score (nSPS) is 15.8. The second-order valence-corrected chi connectivity index (χ2v) is 9.58. The maximum absolute atomic E-state index is 12.5. The smallest absolute Gasteiger partial charge is 0.236 e. The summed E-state index contributed by atoms with van der Waals surface area (Å²) >= 11 is 7.31. The van der Waals surface area contributed by atoms with Crippen molar-refractivity contribution in [3.05, 3.63) is 70.6 Å². The number of halogens is 1. The van der Waals surface area contributed by atoms with Gasteiger partial charge in [0, 0.05) is 41.5 Å². The number of benzene rings is 2. The van der Waals surface area contributed by atoms with E-state index in [-0.39, 0.29) is 5.91 Å². The third-order valence-electron chi connectivity index (χ3n) is 4.36. The van der Waals surface area contributed by atoms with E-state index in [1.165, 1.54) is 21.5 Å². The first-order valence-electron chi connectivity index (χ1n) is 8.83. The predicted molar refractivity (Wildman–Crippen MR) is 115 cm³/mol. The molecule has 0 radical (unpaired) electrons. The number of nitrogens with zero attached hydrogens (tertiary/aromatic N) is 2. The molecule has 0 N–H and O–H groups in total. The molecule has 1 amide bonds. The second kappa shape index (κ2) is 9.60. The molecule has 1 aliphatic heterocycles. The summed E-state index contributed by atoms with van der Waals surface area (Å²) in [7, 11) is -3.49. The minimum atomic E-state index is -3.49. The van der Waals surface area contributed by atoms with Gasteiger partial charge in [-0.05, 0) is 35.9 Å². The summed E-state index contributed by atoms with van der Waals surface area (Å²) in [5, 5.41) is 1.89. The average Bonchev–Trinajstić information content (AvgIpc) is 2.72. The van der Waals surface area contributed by atoms with Crippen LogP contribution < -0.4 is 0 Å². The summed E-state index contributed by atoms with van der Waals surface area (Å²) in [6.45, 7) is 1.41. The zero-order chi connectivity index (χ0) is 20.0. The molecule has 1 saturated heterocycles. The third-order valence-corrected chi connectivity index (χ3v) is 7.17. The summed E-state index contributed by atoms with van der Waals surface area (Å²) < 4.78 is 26.4. The van der Waals surface area contributed by atoms with Gasteiger partial charge in [0.1, 0.15) is 0 Å². The lowest BCUT2D eigenvalue weighted by molar-refractivity contribution is -0.129. The molecule has 0 aliphatic carbocycles. The zero-order valence-corrected chi connectivity index (χ0v) is 17.6. The van der Waals surface area contributed by atoms with Gasteiger partial charge in [0.05, 0.1) is 5.75 Å². The number of hydrogen-bond donors (Lipinski definition) is 0. The SMILES string of the molecule is O=C(CSc1ccc(Cl)cc1)N1CCN(S(=O)(=O)C=Cc2ccccc2)CC1. The van der Waals surface area contributed by atoms with Crippen LogP contribution in [0.15, 0.2) is 64.9 Å². The Morgan fingerprint density at radius 1 is 1.00 bits per heavy atom. The number of hydrogen-bond acceptors (Lipinski definition) is 4. The molecule has 2 aromatic carbocycles. The standard InChI is InChI=1S/C20H21ClN2O3S2/c21-18-6-8-19(9-7-18)27-16-20(24)22-11-13-23(14-12-22)28(25,26)15-10-17-4-2-1-3-5-17/h1-10,15H,11-14,16H2. The molecule has 5 nitrogen and oxygen atoms in total. The molecular formula is C20H21ClN2O3S2. The Bertz CT molecular complexity index is 924. The van der Waals surface area contributed by atoms with E-state index in [9.17, 15) is 13.2 Å². The van der Waals surface area contributed by atoms with Crippen molar-refractivity contribution in [1.82, 2.24) is 9.21 Å². The number of sulfonamides is 1. The van der Waals surface area contributed by atoms with Crippen LogP contribution in [0.25, 0.3) is 6.08 Å². The van der Waals surface area contributed by atoms with Crippen LogP contribution in [0.2, 0.25) is 5.02 Å². The fraction of sp³-hybridized carbons (Fsp3) is 0.250. The van der Waals surface area contributed by atoms with Gasteiger partial charge in [0.25, 0.3) is 0 Å². The zero-order valence-electron chi connectivity index (χ0n) is 15.2. The van der Waals surface area contributed by atoms with Gasteiger partial charge in [-0.25, -0.2) is 8.42 Å². The molecular weight excluding hydrogens is 416 g/mol. The van der Waals surface area contributed by atoms with Crippen molar-refractivity contribution in [1.29, 1.82) is 0 Å². The Labute approximate surface area is 175 Å². The lowest BCUT2D eigenvalue weighted by atomic mass is 10.2. The fourth-order valence-corrected chi connectivity index (χ4v) is 4.87. The van der Waals surface area contributed by atoms with Gasteiger partial charge in [-0.3, -0.25) is 4.79 Å². The highest BCUT2D eigenvalue weighted by Gasteiger charge is 2.27. The van der Waals surface area contributed by atoms with Crippen molar-refractivity contribution < 1.29 is 13.2 Å². The van der Waals surface area contributed by atoms with E-state index in [0.717, 1.165) is 10.5 Å². The van der Waals surface area contributed by atoms with Crippen molar-refractivity contribution in [2.45, 2.75) is 4.90 Å². The van der Waals surface area contributed by atoms with Gasteiger partial charge >= 0.3 is 0 Å². The Balaban J connectivity index is 1.49. The lowest BCUT2D eigenvalue weighted by Gasteiger charge is -2.33. The Morgan fingerprint density at radius 2 is 1.64 bits per heavy atom. The van der Waals surface area contributed by atoms with E-state index in [2.05, 4.69) is 0 Å². The number of carbonyl (C=O) groups is 1. The molecule has 0 aromatic heterocycles. The van der Waals surface area contributed by atoms with E-state index in [4.69, 9.17) is 11.6 Å². The summed E-state index contributed by atoms with van der Waals surface area (Å²) in [6.07, 6.45) is 1.59. The molecule has 8 heteroatoms. The van der Waals surface area contributed by atoms with Crippen LogP contribution in [0, 0.1) is 0 Å². The molecule has 1 fully saturated rings. The van der Waals surface area contributed by atoms with Gasteiger partial charge in [-0.15, -0.1) is 11.8 Å². The van der Waals surface area contributed by atoms with Crippen LogP contribution in [0.5, 0.6) is 0 Å². The second-order valence-electron chi connectivity index (χ2n) is 6.28. The summed E-state index contributed by atoms with van der Waals surface area (Å²) in [5.41, 5.74) is 0.833. The van der Waals surface area contributed by atoms with Crippen LogP contribution in [0.1, 0.15) is 5.56 Å². The molecule has 3 rings (SSSR count). The van der Waals surface area contributed by atoms with E-state index >= 15 is 0 Å². The molecule has 28 heavy (non-hydrogen) atoms. The highest BCUT2D eigenvalue weighted by molar-refractivity contribution is 8.00. The number of rotatable bonds is 6. The molecule has 148 valence electrons. The van der Waals surface area contributed by atoms with E-state index in [1.807, 2.05) is 42.5 Å². The van der Waals surface area contributed by atoms with Crippen molar-refractivity contribution in [3.63, 3.8) is 0 Å². The number of piperazine rings is 1. The van der Waals surface area contributed by atoms with Gasteiger partial charge in [-0.2, -0.15) is 4.31 Å². The van der Waals surface area contributed by atoms with Crippen LogP contribution in [-0.4, -0.2) is 55.5 Å². The quantitative estimate of drug-likeness (QED) is 0.649. The van der Waals surface area contributed by atoms with E-state index in [0.29, 0.717) is 37.0 Å². The van der Waals surface area contributed by atoms with E-state index < -0.39 is 10.0 Å². The Morgan fingerprint density at radius 3 is 2.29 bits per heavy atom. The van der Waals surface area contributed by atoms with Gasteiger partial charge in [0.2, 0.25) is 15.9 Å². The summed E-state index contributed by atoms with van der Waals surface area (Å²) in [5.74, 6) is 0.333. The van der Waals surface area contributed by atoms with Gasteiger partial charge in [0.15, 0.2) is 0 Å². The first kappa shape index (κ1) is 20.9. The molecule has 0 saturated carbocycles. The monoisotopic (exact) mass is 436 g/mol. The van der Waals surface area contributed by atoms with Crippen LogP contribution in [0.3, 0.4) is 0 Å². The van der Waals surface area contributed by atoms with E-state index in [1.54, 1.807) is 23.1 Å². The van der Waals surface area contributed by atoms with Crippen LogP contribution in [-0.2, 0) is 14.8 Å². The first-order chi connectivity index (χ1) is 13.4. The summed E-state index contributed by atoms with van der Waals surface area (Å²) in [4.78, 5) is 15.1. The highest BCUT2D eigenvalue weighted by atomic mass is 35.5. The topological polar surface area (TPSA) is 57.7 Å². The lowest BCUT2D eigenvalue weighted by Crippen LogP contribution is -2.50. The summed E-state index contributed by atoms with van der Waals surface area (Å²) in [6, 6.07) is 16.6. The van der Waals surface area contributed by atoms with Crippen molar-refractivity contribution in [2.75, 3.05) is 31.9 Å². The molecule has 0 bridgehead atoms. The third kappa shape index (κ3) is 5.85. The van der Waals surface area contributed by atoms with Crippen molar-refractivity contribution in [2.24, 2.45) is 0 Å². The van der Waals surface area contributed by atoms with Crippen molar-refractivity contribution >= 4 is 45.4 Å². The van der Waals surface area contributed by atoms with Crippen LogP contribution in [0.4, 0.5) is 0 Å². The van der Waals surface area contributed by atoms with Gasteiger partial charge < -0.3 is 4.90 Å². The molecule has 1 aliphatic rings. The minimum absolute atomic E-state index is 0.0109. The minimum Gasteiger partial charge on any atom is -0.339 e. The highest BCUT2D eigenvalue weighted by Crippen LogP contribution is 2.21. The molecule has 2 aromatic rings. The molecule has 0 spiro atoms. The fourth-order valence-electron chi connectivity index (χ4n) is 2.77. The Hall–Kier alpha value is -1.80. The van der Waals surface area contributed by atoms with Crippen LogP contribution >= 0.6 is 23.4 Å². The maximum atomic E-state index is 12.5. The van der Waals surface area contributed by atoms with Gasteiger partial charge in [-0.1, -0.05) is 41.9 Å². The van der Waals surface area contributed by atoms with Crippen molar-refractivity contribution in [3.8, 4) is 0 Å². The molecule has 0 unspecified atom stereocenters. The predicted octanol–water partition coefficient (Wildman–Crippen LogP) is 3.58. The largest absolute Gasteiger partial charge is 0.339 e. The average molecular weight is 437 g/mol.